The summed E-state index contributed by atoms with van der Waals surface area (Å²) in [6.07, 6.45) is 0.724. The molecule has 1 amide bonds. The molecule has 19 heavy (non-hydrogen) atoms. The van der Waals surface area contributed by atoms with Gasteiger partial charge in [0.15, 0.2) is 6.29 Å². The van der Waals surface area contributed by atoms with Crippen molar-refractivity contribution in [3.8, 4) is 0 Å². The van der Waals surface area contributed by atoms with Crippen LogP contribution in [0, 0.1) is 0 Å². The summed E-state index contributed by atoms with van der Waals surface area (Å²) in [4.78, 5) is 27.1. The third-order valence-corrected chi connectivity index (χ3v) is 3.16. The third kappa shape index (κ3) is 2.63. The van der Waals surface area contributed by atoms with Crippen LogP contribution in [-0.4, -0.2) is 29.5 Å². The minimum atomic E-state index is -1.06. The monoisotopic (exact) mass is 261 g/mol. The number of nitrogens with two attached hydrogens (primary N) is 1. The molecule has 1 aliphatic rings. The third-order valence-electron chi connectivity index (χ3n) is 3.16. The molecule has 0 radical (unpaired) electrons. The Morgan fingerprint density at radius 1 is 1.42 bits per heavy atom. The van der Waals surface area contributed by atoms with Crippen LogP contribution in [0.25, 0.3) is 0 Å². The first-order valence-electron chi connectivity index (χ1n) is 5.93. The van der Waals surface area contributed by atoms with Crippen LogP contribution in [0.4, 0.5) is 0 Å². The van der Waals surface area contributed by atoms with Gasteiger partial charge >= 0.3 is 5.97 Å². The van der Waals surface area contributed by atoms with E-state index in [1.165, 1.54) is 6.21 Å². The van der Waals surface area contributed by atoms with Crippen molar-refractivity contribution in [2.75, 3.05) is 0 Å². The fraction of sp³-hybridized carbons (Fsp3) is 0.308. The van der Waals surface area contributed by atoms with Crippen molar-refractivity contribution in [2.24, 2.45) is 10.7 Å². The Labute approximate surface area is 110 Å². The smallest absolute Gasteiger partial charge is 0.303 e. The summed E-state index contributed by atoms with van der Waals surface area (Å²) in [5, 5.41) is 11.4. The first kappa shape index (κ1) is 13.2. The van der Waals surface area contributed by atoms with Crippen LogP contribution in [0.2, 0.25) is 0 Å². The van der Waals surface area contributed by atoms with E-state index < -0.39 is 17.7 Å². The summed E-state index contributed by atoms with van der Waals surface area (Å²) in [6, 6.07) is 8.99. The van der Waals surface area contributed by atoms with Crippen molar-refractivity contribution < 1.29 is 14.7 Å². The van der Waals surface area contributed by atoms with Gasteiger partial charge in [-0.2, -0.15) is 0 Å². The molecule has 0 spiro atoms. The summed E-state index contributed by atoms with van der Waals surface area (Å²) >= 11 is 0. The molecule has 1 aliphatic heterocycles. The molecule has 2 unspecified atom stereocenters. The first-order valence-corrected chi connectivity index (χ1v) is 5.93. The van der Waals surface area contributed by atoms with E-state index in [9.17, 15) is 9.59 Å². The van der Waals surface area contributed by atoms with Gasteiger partial charge in [-0.3, -0.25) is 20.3 Å². The molecular weight excluding hydrogens is 246 g/mol. The van der Waals surface area contributed by atoms with Gasteiger partial charge in [-0.25, -0.2) is 0 Å². The molecule has 2 atom stereocenters. The quantitative estimate of drug-likeness (QED) is 0.721. The molecule has 0 fully saturated rings. The van der Waals surface area contributed by atoms with Crippen LogP contribution in [-0.2, 0) is 15.0 Å². The number of carboxylic acid groups (broad SMARTS) is 1. The molecule has 2 rings (SSSR count). The van der Waals surface area contributed by atoms with Crippen LogP contribution < -0.4 is 11.1 Å². The first-order chi connectivity index (χ1) is 9.04. The van der Waals surface area contributed by atoms with E-state index in [0.717, 1.165) is 0 Å². The number of hydrogen-bond donors (Lipinski definition) is 3. The lowest BCUT2D eigenvalue weighted by Gasteiger charge is -2.33. The van der Waals surface area contributed by atoms with Gasteiger partial charge in [0.25, 0.3) is 0 Å². The van der Waals surface area contributed by atoms with E-state index in [1.54, 1.807) is 24.3 Å². The van der Waals surface area contributed by atoms with Crippen LogP contribution in [0.5, 0.6) is 0 Å². The summed E-state index contributed by atoms with van der Waals surface area (Å²) in [5.74, 6) is -1.27. The predicted octanol–water partition coefficient (Wildman–Crippen LogP) is 0.232. The average molecular weight is 261 g/mol. The fourth-order valence-corrected chi connectivity index (χ4v) is 2.13. The molecule has 6 heteroatoms. The van der Waals surface area contributed by atoms with Crippen LogP contribution in [0.1, 0.15) is 18.4 Å². The van der Waals surface area contributed by atoms with Crippen LogP contribution >= 0.6 is 0 Å². The number of rotatable bonds is 4. The summed E-state index contributed by atoms with van der Waals surface area (Å²) in [5.41, 5.74) is 5.19. The molecule has 100 valence electrons. The SMILES string of the molecule is NC1N=CC(CCC(=O)O)(c2ccccc2)C(=O)N1. The lowest BCUT2D eigenvalue weighted by atomic mass is 9.76. The Bertz CT molecular complexity index is 515. The highest BCUT2D eigenvalue weighted by molar-refractivity contribution is 6.06. The second-order valence-electron chi connectivity index (χ2n) is 4.43. The van der Waals surface area contributed by atoms with Crippen molar-refractivity contribution in [1.82, 2.24) is 5.32 Å². The normalized spacial score (nSPS) is 25.9. The van der Waals surface area contributed by atoms with Crippen molar-refractivity contribution in [1.29, 1.82) is 0 Å². The standard InChI is InChI=1S/C13H15N3O3/c14-12-15-8-13(11(19)16-12,7-6-10(17)18)9-4-2-1-3-5-9/h1-5,8,12H,6-7,14H2,(H,16,19)(H,17,18). The number of amides is 1. The predicted molar refractivity (Wildman–Crippen MR) is 69.6 cm³/mol. The molecule has 0 aliphatic carbocycles. The van der Waals surface area contributed by atoms with E-state index in [0.29, 0.717) is 5.56 Å². The summed E-state index contributed by atoms with van der Waals surface area (Å²) in [6.45, 7) is 0. The molecule has 0 saturated heterocycles. The molecule has 6 nitrogen and oxygen atoms in total. The minimum absolute atomic E-state index is 0.121. The number of carbonyl (C=O) groups excluding carboxylic acids is 1. The molecule has 0 aromatic heterocycles. The second-order valence-corrected chi connectivity index (χ2v) is 4.43. The van der Waals surface area contributed by atoms with Gasteiger partial charge in [0.05, 0.1) is 0 Å². The van der Waals surface area contributed by atoms with Gasteiger partial charge in [-0.05, 0) is 12.0 Å². The van der Waals surface area contributed by atoms with E-state index >= 15 is 0 Å². The molecular formula is C13H15N3O3. The van der Waals surface area contributed by atoms with E-state index in [2.05, 4.69) is 10.3 Å². The van der Waals surface area contributed by atoms with Crippen molar-refractivity contribution in [3.05, 3.63) is 35.9 Å². The Kier molecular flexibility index (Phi) is 3.62. The van der Waals surface area contributed by atoms with Gasteiger partial charge in [-0.15, -0.1) is 0 Å². The zero-order valence-corrected chi connectivity index (χ0v) is 10.2. The molecule has 1 aromatic rings. The summed E-state index contributed by atoms with van der Waals surface area (Å²) < 4.78 is 0. The maximum Gasteiger partial charge on any atom is 0.303 e. The van der Waals surface area contributed by atoms with Crippen molar-refractivity contribution in [2.45, 2.75) is 24.5 Å². The Morgan fingerprint density at radius 2 is 2.11 bits per heavy atom. The number of carboxylic acids is 1. The Morgan fingerprint density at radius 3 is 2.68 bits per heavy atom. The second kappa shape index (κ2) is 5.19. The van der Waals surface area contributed by atoms with Gasteiger partial charge < -0.3 is 10.4 Å². The average Bonchev–Trinajstić information content (AvgIpc) is 2.39. The molecule has 4 N–H and O–H groups in total. The number of aliphatic imine (C=N–C) groups is 1. The minimum Gasteiger partial charge on any atom is -0.481 e. The van der Waals surface area contributed by atoms with E-state index in [1.807, 2.05) is 6.07 Å². The topological polar surface area (TPSA) is 105 Å². The number of carbonyl (C=O) groups is 2. The molecule has 1 heterocycles. The Hall–Kier alpha value is -2.21. The number of aliphatic carboxylic acids is 1. The summed E-state index contributed by atoms with van der Waals surface area (Å²) in [7, 11) is 0. The van der Waals surface area contributed by atoms with Crippen molar-refractivity contribution in [3.63, 3.8) is 0 Å². The molecule has 0 bridgehead atoms. The van der Waals surface area contributed by atoms with E-state index in [-0.39, 0.29) is 18.7 Å². The van der Waals surface area contributed by atoms with Gasteiger partial charge in [0.1, 0.15) is 5.41 Å². The lowest BCUT2D eigenvalue weighted by Crippen LogP contribution is -2.55. The maximum absolute atomic E-state index is 12.3. The van der Waals surface area contributed by atoms with Crippen LogP contribution in [0.15, 0.2) is 35.3 Å². The lowest BCUT2D eigenvalue weighted by molar-refractivity contribution is -0.137. The fourth-order valence-electron chi connectivity index (χ4n) is 2.13. The van der Waals surface area contributed by atoms with Gasteiger partial charge in [-0.1, -0.05) is 30.3 Å². The van der Waals surface area contributed by atoms with Gasteiger partial charge in [0, 0.05) is 12.6 Å². The Balaban J connectivity index is 2.41. The number of nitrogens with zero attached hydrogens (tertiary/aromatic N) is 1. The molecule has 0 saturated carbocycles. The highest BCUT2D eigenvalue weighted by Gasteiger charge is 2.41. The number of nitrogens with one attached hydrogen (secondary N) is 1. The molecule has 1 aromatic carbocycles. The van der Waals surface area contributed by atoms with Crippen LogP contribution in [0.3, 0.4) is 0 Å². The zero-order chi connectivity index (χ0) is 13.9. The maximum atomic E-state index is 12.3. The highest BCUT2D eigenvalue weighted by atomic mass is 16.4. The number of hydrogen-bond acceptors (Lipinski definition) is 4. The number of benzene rings is 1. The van der Waals surface area contributed by atoms with E-state index in [4.69, 9.17) is 10.8 Å². The zero-order valence-electron chi connectivity index (χ0n) is 10.2. The van der Waals surface area contributed by atoms with Crippen molar-refractivity contribution >= 4 is 18.1 Å². The highest BCUT2D eigenvalue weighted by Crippen LogP contribution is 2.30. The van der Waals surface area contributed by atoms with Gasteiger partial charge in [0.2, 0.25) is 5.91 Å². The largest absolute Gasteiger partial charge is 0.481 e.